The minimum Gasteiger partial charge on any atom is -0.367 e. The summed E-state index contributed by atoms with van der Waals surface area (Å²) >= 11 is 0. The lowest BCUT2D eigenvalue weighted by Gasteiger charge is -2.10. The van der Waals surface area contributed by atoms with E-state index in [1.54, 1.807) is 0 Å². The molecule has 0 N–H and O–H groups in total. The third kappa shape index (κ3) is 2.02. The van der Waals surface area contributed by atoms with Crippen molar-refractivity contribution < 1.29 is 4.74 Å². The van der Waals surface area contributed by atoms with Crippen LogP contribution in [0.1, 0.15) is 13.8 Å². The Labute approximate surface area is 56.0 Å². The van der Waals surface area contributed by atoms with Gasteiger partial charge in [0.1, 0.15) is 0 Å². The van der Waals surface area contributed by atoms with E-state index in [1.165, 1.54) is 0 Å². The Morgan fingerprint density at radius 2 is 1.78 bits per heavy atom. The summed E-state index contributed by atoms with van der Waals surface area (Å²) in [6, 6.07) is 0. The van der Waals surface area contributed by atoms with Crippen molar-refractivity contribution in [2.24, 2.45) is 0 Å². The summed E-state index contributed by atoms with van der Waals surface area (Å²) in [4.78, 5) is 0. The minimum atomic E-state index is 0.227. The summed E-state index contributed by atoms with van der Waals surface area (Å²) in [6.45, 7) is 4.08. The van der Waals surface area contributed by atoms with Crippen molar-refractivity contribution in [3.63, 3.8) is 0 Å². The van der Waals surface area contributed by atoms with Crippen LogP contribution in [0.25, 0.3) is 0 Å². The Morgan fingerprint density at radius 1 is 1.22 bits per heavy atom. The van der Waals surface area contributed by atoms with Crippen LogP contribution in [-0.4, -0.2) is 12.2 Å². The van der Waals surface area contributed by atoms with Crippen LogP contribution < -0.4 is 0 Å². The predicted octanol–water partition coefficient (Wildman–Crippen LogP) is 1.91. The van der Waals surface area contributed by atoms with E-state index in [-0.39, 0.29) is 6.10 Å². The van der Waals surface area contributed by atoms with Gasteiger partial charge in [0, 0.05) is 0 Å². The number of hydrogen-bond donors (Lipinski definition) is 0. The van der Waals surface area contributed by atoms with E-state index in [2.05, 4.69) is 0 Å². The van der Waals surface area contributed by atoms with E-state index in [4.69, 9.17) is 4.74 Å². The van der Waals surface area contributed by atoms with Crippen LogP contribution in [0.2, 0.25) is 0 Å². The predicted molar refractivity (Wildman–Crippen MR) is 38.3 cm³/mol. The fourth-order valence-electron chi connectivity index (χ4n) is 0.816. The summed E-state index contributed by atoms with van der Waals surface area (Å²) < 4.78 is 5.44. The monoisotopic (exact) mass is 124 g/mol. The van der Waals surface area contributed by atoms with Gasteiger partial charge in [0.05, 0.1) is 12.2 Å². The van der Waals surface area contributed by atoms with E-state index >= 15 is 0 Å². The highest BCUT2D eigenvalue weighted by molar-refractivity contribution is 5.19. The lowest BCUT2D eigenvalue weighted by Crippen LogP contribution is -2.11. The van der Waals surface area contributed by atoms with Gasteiger partial charge in [-0.05, 0) is 13.8 Å². The van der Waals surface area contributed by atoms with Crippen LogP contribution in [0.15, 0.2) is 24.3 Å². The molecular formula is C8H12O. The summed E-state index contributed by atoms with van der Waals surface area (Å²) in [7, 11) is 0. The van der Waals surface area contributed by atoms with Crippen molar-refractivity contribution in [2.75, 3.05) is 0 Å². The van der Waals surface area contributed by atoms with Gasteiger partial charge in [0.2, 0.25) is 0 Å². The molecule has 0 spiro atoms. The van der Waals surface area contributed by atoms with Gasteiger partial charge in [-0.2, -0.15) is 0 Å². The standard InChI is InChI=1S/C8H12O/c1-7(2)9-8-5-3-4-6-8/h3-8H,1-2H3. The quantitative estimate of drug-likeness (QED) is 0.546. The van der Waals surface area contributed by atoms with Crippen molar-refractivity contribution >= 4 is 0 Å². The maximum atomic E-state index is 5.44. The molecule has 0 saturated carbocycles. The zero-order valence-electron chi connectivity index (χ0n) is 5.87. The maximum absolute atomic E-state index is 5.44. The van der Waals surface area contributed by atoms with E-state index in [0.29, 0.717) is 6.10 Å². The van der Waals surface area contributed by atoms with Crippen LogP contribution in [0.5, 0.6) is 0 Å². The first-order chi connectivity index (χ1) is 4.29. The van der Waals surface area contributed by atoms with E-state index in [0.717, 1.165) is 0 Å². The van der Waals surface area contributed by atoms with Crippen molar-refractivity contribution in [3.05, 3.63) is 24.3 Å². The van der Waals surface area contributed by atoms with Gasteiger partial charge >= 0.3 is 0 Å². The van der Waals surface area contributed by atoms with Gasteiger partial charge in [0.25, 0.3) is 0 Å². The molecular weight excluding hydrogens is 112 g/mol. The molecule has 0 heterocycles. The second-order valence-corrected chi connectivity index (χ2v) is 2.42. The van der Waals surface area contributed by atoms with Gasteiger partial charge in [-0.1, -0.05) is 24.3 Å². The smallest absolute Gasteiger partial charge is 0.0947 e. The SMILES string of the molecule is CC(C)OC1C=CC=C1. The molecule has 0 atom stereocenters. The van der Waals surface area contributed by atoms with Gasteiger partial charge in [-0.3, -0.25) is 0 Å². The van der Waals surface area contributed by atoms with Gasteiger partial charge in [-0.25, -0.2) is 0 Å². The highest BCUT2D eigenvalue weighted by Crippen LogP contribution is 2.06. The Morgan fingerprint density at radius 3 is 2.22 bits per heavy atom. The first kappa shape index (κ1) is 6.56. The topological polar surface area (TPSA) is 9.23 Å². The van der Waals surface area contributed by atoms with E-state index in [1.807, 2.05) is 38.2 Å². The Kier molecular flexibility index (Phi) is 2.06. The molecule has 0 bridgehead atoms. The molecule has 0 fully saturated rings. The molecule has 0 aromatic heterocycles. The number of hydrogen-bond acceptors (Lipinski definition) is 1. The number of rotatable bonds is 2. The highest BCUT2D eigenvalue weighted by Gasteiger charge is 2.04. The molecule has 1 aliphatic carbocycles. The molecule has 0 aromatic rings. The van der Waals surface area contributed by atoms with Crippen molar-refractivity contribution in [1.82, 2.24) is 0 Å². The molecule has 1 rings (SSSR count). The molecule has 1 nitrogen and oxygen atoms in total. The lowest BCUT2D eigenvalue weighted by atomic mass is 10.4. The number of allylic oxidation sites excluding steroid dienone is 2. The number of ether oxygens (including phenoxy) is 1. The van der Waals surface area contributed by atoms with Crippen LogP contribution in [0.3, 0.4) is 0 Å². The van der Waals surface area contributed by atoms with Crippen molar-refractivity contribution in [2.45, 2.75) is 26.1 Å². The molecule has 0 amide bonds. The van der Waals surface area contributed by atoms with Crippen LogP contribution in [0, 0.1) is 0 Å². The van der Waals surface area contributed by atoms with Crippen molar-refractivity contribution in [3.8, 4) is 0 Å². The normalized spacial score (nSPS) is 18.1. The van der Waals surface area contributed by atoms with Crippen LogP contribution in [-0.2, 0) is 4.74 Å². The Hall–Kier alpha value is -0.560. The summed E-state index contributed by atoms with van der Waals surface area (Å²) in [5.41, 5.74) is 0. The maximum Gasteiger partial charge on any atom is 0.0947 e. The van der Waals surface area contributed by atoms with Crippen LogP contribution in [0.4, 0.5) is 0 Å². The molecule has 9 heavy (non-hydrogen) atoms. The van der Waals surface area contributed by atoms with E-state index in [9.17, 15) is 0 Å². The second kappa shape index (κ2) is 2.83. The molecule has 0 radical (unpaired) electrons. The molecule has 50 valence electrons. The van der Waals surface area contributed by atoms with Gasteiger partial charge < -0.3 is 4.74 Å². The fourth-order valence-corrected chi connectivity index (χ4v) is 0.816. The Bertz CT molecular complexity index is 122. The highest BCUT2D eigenvalue weighted by atomic mass is 16.5. The third-order valence-electron chi connectivity index (χ3n) is 1.14. The van der Waals surface area contributed by atoms with E-state index < -0.39 is 0 Å². The average molecular weight is 124 g/mol. The largest absolute Gasteiger partial charge is 0.367 e. The average Bonchev–Trinajstić information content (AvgIpc) is 2.15. The van der Waals surface area contributed by atoms with Crippen LogP contribution >= 0.6 is 0 Å². The molecule has 0 aliphatic heterocycles. The zero-order chi connectivity index (χ0) is 6.69. The van der Waals surface area contributed by atoms with Gasteiger partial charge in [0.15, 0.2) is 0 Å². The molecule has 1 aliphatic rings. The lowest BCUT2D eigenvalue weighted by molar-refractivity contribution is 0.0625. The Balaban J connectivity index is 2.29. The summed E-state index contributed by atoms with van der Waals surface area (Å²) in [5.74, 6) is 0. The molecule has 0 saturated heterocycles. The van der Waals surface area contributed by atoms with Gasteiger partial charge in [-0.15, -0.1) is 0 Å². The summed E-state index contributed by atoms with van der Waals surface area (Å²) in [6.07, 6.45) is 8.65. The first-order valence-electron chi connectivity index (χ1n) is 3.29. The third-order valence-corrected chi connectivity index (χ3v) is 1.14. The fraction of sp³-hybridized carbons (Fsp3) is 0.500. The first-order valence-corrected chi connectivity index (χ1v) is 3.29. The second-order valence-electron chi connectivity index (χ2n) is 2.42. The molecule has 0 aromatic carbocycles. The minimum absolute atomic E-state index is 0.227. The zero-order valence-corrected chi connectivity index (χ0v) is 5.87. The molecule has 1 heteroatoms. The molecule has 0 unspecified atom stereocenters. The summed E-state index contributed by atoms with van der Waals surface area (Å²) in [5, 5.41) is 0. The van der Waals surface area contributed by atoms with Crippen molar-refractivity contribution in [1.29, 1.82) is 0 Å².